The van der Waals surface area contributed by atoms with Gasteiger partial charge in [0.2, 0.25) is 0 Å². The van der Waals surface area contributed by atoms with E-state index >= 15 is 0 Å². The highest BCUT2D eigenvalue weighted by atomic mass is 35.5. The van der Waals surface area contributed by atoms with Gasteiger partial charge in [-0.1, -0.05) is 35.9 Å². The fourth-order valence-corrected chi connectivity index (χ4v) is 4.04. The van der Waals surface area contributed by atoms with Crippen molar-refractivity contribution in [3.05, 3.63) is 129 Å². The average molecular weight is 531 g/mol. The van der Waals surface area contributed by atoms with Gasteiger partial charge in [0.15, 0.2) is 0 Å². The summed E-state index contributed by atoms with van der Waals surface area (Å²) in [7, 11) is 0. The number of nitrogens with zero attached hydrogens (tertiary/aromatic N) is 2. The molecular weight excluding hydrogens is 511 g/mol. The van der Waals surface area contributed by atoms with Crippen LogP contribution in [-0.2, 0) is 0 Å². The number of benzene rings is 4. The van der Waals surface area contributed by atoms with Gasteiger partial charge in [0, 0.05) is 28.4 Å². The number of urea groups is 1. The highest BCUT2D eigenvalue weighted by molar-refractivity contribution is 6.30. The summed E-state index contributed by atoms with van der Waals surface area (Å²) in [5, 5.41) is 15.7. The molecule has 38 heavy (non-hydrogen) atoms. The number of hydrogen-bond acceptors (Lipinski definition) is 5. The molecule has 0 saturated heterocycles. The van der Waals surface area contributed by atoms with E-state index in [1.807, 2.05) is 12.1 Å². The summed E-state index contributed by atoms with van der Waals surface area (Å²) in [4.78, 5) is 23.4. The van der Waals surface area contributed by atoms with Gasteiger partial charge in [0.1, 0.15) is 17.3 Å². The number of ether oxygens (including phenoxy) is 1. The van der Waals surface area contributed by atoms with Gasteiger partial charge < -0.3 is 10.1 Å². The molecule has 1 aliphatic heterocycles. The number of carbonyl (C=O) groups is 1. The van der Waals surface area contributed by atoms with Crippen molar-refractivity contribution in [2.45, 2.75) is 0 Å². The zero-order chi connectivity index (χ0) is 26.6. The van der Waals surface area contributed by atoms with Gasteiger partial charge >= 0.3 is 6.03 Å². The first-order valence-corrected chi connectivity index (χ1v) is 11.9. The van der Waals surface area contributed by atoms with E-state index in [-0.39, 0.29) is 18.0 Å². The largest absolute Gasteiger partial charge is 0.457 e. The van der Waals surface area contributed by atoms with Crippen molar-refractivity contribution in [3.8, 4) is 11.5 Å². The number of nitro groups is 1. The fraction of sp³-hybridized carbons (Fsp3) is 0.0357. The lowest BCUT2D eigenvalue weighted by Gasteiger charge is -2.19. The Balaban J connectivity index is 1.28. The number of amides is 2. The minimum absolute atomic E-state index is 0.0257. The van der Waals surface area contributed by atoms with Gasteiger partial charge in [0.25, 0.3) is 5.69 Å². The van der Waals surface area contributed by atoms with Crippen LogP contribution >= 0.6 is 11.6 Å². The van der Waals surface area contributed by atoms with Crippen LogP contribution in [0.25, 0.3) is 11.3 Å². The second-order valence-corrected chi connectivity index (χ2v) is 8.81. The number of hydrazine groups is 1. The Labute approximate surface area is 222 Å². The van der Waals surface area contributed by atoms with E-state index in [0.717, 1.165) is 22.4 Å². The number of nitrogens with one attached hydrogen (secondary N) is 2. The Hall–Kier alpha value is -4.89. The van der Waals surface area contributed by atoms with Crippen LogP contribution in [0.3, 0.4) is 0 Å². The van der Waals surface area contributed by atoms with E-state index in [1.165, 1.54) is 41.4 Å². The van der Waals surface area contributed by atoms with Crippen LogP contribution in [0.1, 0.15) is 11.1 Å². The molecule has 1 aliphatic rings. The molecule has 2 amide bonds. The van der Waals surface area contributed by atoms with Gasteiger partial charge in [0.05, 0.1) is 17.2 Å². The third-order valence-corrected chi connectivity index (χ3v) is 6.08. The third-order valence-electron chi connectivity index (χ3n) is 5.82. The Morgan fingerprint density at radius 1 is 0.895 bits per heavy atom. The maximum absolute atomic E-state index is 13.5. The van der Waals surface area contributed by atoms with Crippen LogP contribution in [-0.4, -0.2) is 22.5 Å². The molecule has 4 aromatic rings. The molecule has 4 aromatic carbocycles. The highest BCUT2D eigenvalue weighted by Gasteiger charge is 2.27. The molecule has 190 valence electrons. The van der Waals surface area contributed by atoms with Crippen LogP contribution in [0.4, 0.5) is 20.6 Å². The van der Waals surface area contributed by atoms with Crippen molar-refractivity contribution >= 4 is 40.3 Å². The summed E-state index contributed by atoms with van der Waals surface area (Å²) in [6, 6.07) is 25.4. The van der Waals surface area contributed by atoms with Crippen molar-refractivity contribution in [2.75, 3.05) is 11.9 Å². The van der Waals surface area contributed by atoms with Crippen LogP contribution in [0.2, 0.25) is 5.02 Å². The first-order valence-electron chi connectivity index (χ1n) is 11.5. The topological polar surface area (TPSA) is 96.7 Å². The standard InChI is InChI=1S/C28H20ClFN4O4/c29-20-5-1-19(2-6-20)27-26(18-3-7-21(30)8-4-18)17-33(32-27)28(35)31-22-9-13-24(14-10-22)38-25-15-11-23(12-16-25)34(36)37/h1-16,32H,17H2,(H,31,35). The molecular formula is C28H20ClFN4O4. The van der Waals surface area contributed by atoms with E-state index in [1.54, 1.807) is 48.5 Å². The van der Waals surface area contributed by atoms with Crippen LogP contribution in [0.5, 0.6) is 11.5 Å². The molecule has 0 radical (unpaired) electrons. The summed E-state index contributed by atoms with van der Waals surface area (Å²) >= 11 is 6.05. The van der Waals surface area contributed by atoms with E-state index in [9.17, 15) is 19.3 Å². The van der Waals surface area contributed by atoms with Crippen molar-refractivity contribution in [2.24, 2.45) is 0 Å². The summed E-state index contributed by atoms with van der Waals surface area (Å²) in [6.45, 7) is 0.247. The van der Waals surface area contributed by atoms with E-state index in [2.05, 4.69) is 10.7 Å². The van der Waals surface area contributed by atoms with Crippen LogP contribution < -0.4 is 15.5 Å². The molecule has 2 N–H and O–H groups in total. The molecule has 0 bridgehead atoms. The number of halogens is 2. The molecule has 0 fully saturated rings. The summed E-state index contributed by atoms with van der Waals surface area (Å²) in [6.07, 6.45) is 0. The molecule has 1 heterocycles. The lowest BCUT2D eigenvalue weighted by atomic mass is 10.0. The zero-order valence-electron chi connectivity index (χ0n) is 19.7. The van der Waals surface area contributed by atoms with Crippen molar-refractivity contribution < 1.29 is 18.8 Å². The highest BCUT2D eigenvalue weighted by Crippen LogP contribution is 2.31. The van der Waals surface area contributed by atoms with Gasteiger partial charge in [-0.15, -0.1) is 0 Å². The van der Waals surface area contributed by atoms with Gasteiger partial charge in [-0.25, -0.2) is 14.2 Å². The zero-order valence-corrected chi connectivity index (χ0v) is 20.5. The predicted octanol–water partition coefficient (Wildman–Crippen LogP) is 7.10. The molecule has 8 nitrogen and oxygen atoms in total. The maximum atomic E-state index is 13.5. The number of non-ortho nitro benzene ring substituents is 1. The van der Waals surface area contributed by atoms with E-state index < -0.39 is 11.0 Å². The minimum atomic E-state index is -0.479. The molecule has 5 rings (SSSR count). The molecule has 0 unspecified atom stereocenters. The number of carbonyl (C=O) groups excluding carboxylic acids is 1. The van der Waals surface area contributed by atoms with Gasteiger partial charge in [-0.05, 0) is 71.8 Å². The first kappa shape index (κ1) is 24.8. The molecule has 0 aliphatic carbocycles. The Morgan fingerprint density at radius 3 is 2.08 bits per heavy atom. The molecule has 10 heteroatoms. The Morgan fingerprint density at radius 2 is 1.47 bits per heavy atom. The monoisotopic (exact) mass is 530 g/mol. The van der Waals surface area contributed by atoms with Crippen molar-refractivity contribution in [1.82, 2.24) is 10.4 Å². The van der Waals surface area contributed by atoms with Crippen molar-refractivity contribution in [1.29, 1.82) is 0 Å². The summed E-state index contributed by atoms with van der Waals surface area (Å²) in [5.41, 5.74) is 6.83. The summed E-state index contributed by atoms with van der Waals surface area (Å²) < 4.78 is 19.2. The van der Waals surface area contributed by atoms with Crippen LogP contribution in [0, 0.1) is 15.9 Å². The minimum Gasteiger partial charge on any atom is -0.457 e. The smallest absolute Gasteiger partial charge is 0.340 e. The summed E-state index contributed by atoms with van der Waals surface area (Å²) in [5.74, 6) is 0.605. The average Bonchev–Trinajstić information content (AvgIpc) is 3.37. The quantitative estimate of drug-likeness (QED) is 0.205. The second kappa shape index (κ2) is 10.6. The Kier molecular flexibility index (Phi) is 6.92. The van der Waals surface area contributed by atoms with E-state index in [0.29, 0.717) is 22.2 Å². The fourth-order valence-electron chi connectivity index (χ4n) is 3.91. The predicted molar refractivity (Wildman–Crippen MR) is 143 cm³/mol. The lowest BCUT2D eigenvalue weighted by molar-refractivity contribution is -0.384. The van der Waals surface area contributed by atoms with Crippen molar-refractivity contribution in [3.63, 3.8) is 0 Å². The number of hydrogen-bond donors (Lipinski definition) is 2. The third kappa shape index (κ3) is 5.58. The maximum Gasteiger partial charge on any atom is 0.340 e. The first-order chi connectivity index (χ1) is 18.4. The SMILES string of the molecule is O=C(Nc1ccc(Oc2ccc([N+](=O)[O-])cc2)cc1)N1CC(c2ccc(F)cc2)=C(c2ccc(Cl)cc2)N1. The number of nitro benzene ring substituents is 1. The lowest BCUT2D eigenvalue weighted by Crippen LogP contribution is -2.40. The van der Waals surface area contributed by atoms with Gasteiger partial charge in [-0.2, -0.15) is 0 Å². The Bertz CT molecular complexity index is 1450. The number of anilines is 1. The molecule has 0 aromatic heterocycles. The molecule has 0 atom stereocenters. The molecule has 0 spiro atoms. The normalized spacial score (nSPS) is 12.7. The molecule has 0 saturated carbocycles. The second-order valence-electron chi connectivity index (χ2n) is 8.37. The van der Waals surface area contributed by atoms with Crippen LogP contribution in [0.15, 0.2) is 97.1 Å². The van der Waals surface area contributed by atoms with Gasteiger partial charge in [-0.3, -0.25) is 15.5 Å². The van der Waals surface area contributed by atoms with E-state index in [4.69, 9.17) is 16.3 Å². The number of rotatable bonds is 6.